The van der Waals surface area contributed by atoms with E-state index >= 15 is 0 Å². The first-order valence-electron chi connectivity index (χ1n) is 5.48. The first kappa shape index (κ1) is 11.4. The largest absolute Gasteiger partial charge is 0.337 e. The number of hydrogen-bond acceptors (Lipinski definition) is 2. The van der Waals surface area contributed by atoms with Crippen LogP contribution in [0.1, 0.15) is 21.6 Å². The van der Waals surface area contributed by atoms with Crippen molar-refractivity contribution in [1.82, 2.24) is 15.1 Å². The lowest BCUT2D eigenvalue weighted by atomic mass is 10.2. The van der Waals surface area contributed by atoms with Gasteiger partial charge in [-0.25, -0.2) is 0 Å². The highest BCUT2D eigenvalue weighted by Crippen LogP contribution is 2.09. The number of nitrogens with zero attached hydrogens (tertiary/aromatic N) is 2. The number of hydrogen-bond donors (Lipinski definition) is 1. The lowest BCUT2D eigenvalue weighted by Gasteiger charge is -2.16. The zero-order valence-corrected chi connectivity index (χ0v) is 9.97. The minimum atomic E-state index is -0.0138. The van der Waals surface area contributed by atoms with Crippen molar-refractivity contribution in [2.45, 2.75) is 13.5 Å². The van der Waals surface area contributed by atoms with Crippen LogP contribution in [0.5, 0.6) is 0 Å². The van der Waals surface area contributed by atoms with Crippen LogP contribution >= 0.6 is 0 Å². The average molecular weight is 229 g/mol. The van der Waals surface area contributed by atoms with Gasteiger partial charge in [-0.3, -0.25) is 9.89 Å². The molecule has 0 aliphatic rings. The zero-order valence-electron chi connectivity index (χ0n) is 9.97. The van der Waals surface area contributed by atoms with Crippen LogP contribution in [0.3, 0.4) is 0 Å². The molecule has 1 N–H and O–H groups in total. The molecule has 1 aromatic heterocycles. The summed E-state index contributed by atoms with van der Waals surface area (Å²) in [5.74, 6) is -0.0138. The molecule has 0 saturated carbocycles. The van der Waals surface area contributed by atoms with Crippen LogP contribution < -0.4 is 0 Å². The van der Waals surface area contributed by atoms with Crippen LogP contribution in [0.4, 0.5) is 0 Å². The van der Waals surface area contributed by atoms with Crippen molar-refractivity contribution in [3.05, 3.63) is 53.3 Å². The van der Waals surface area contributed by atoms with E-state index in [2.05, 4.69) is 10.2 Å². The number of carbonyl (C=O) groups excluding carboxylic acids is 1. The molecule has 1 amide bonds. The maximum absolute atomic E-state index is 12.1. The fourth-order valence-electron chi connectivity index (χ4n) is 1.70. The molecule has 0 aliphatic heterocycles. The summed E-state index contributed by atoms with van der Waals surface area (Å²) in [5, 5.41) is 6.63. The molecule has 4 heteroatoms. The average Bonchev–Trinajstić information content (AvgIpc) is 2.76. The molecule has 2 rings (SSSR count). The van der Waals surface area contributed by atoms with E-state index in [0.717, 1.165) is 11.3 Å². The Kier molecular flexibility index (Phi) is 3.23. The van der Waals surface area contributed by atoms with E-state index in [4.69, 9.17) is 0 Å². The van der Waals surface area contributed by atoms with Gasteiger partial charge in [-0.05, 0) is 12.5 Å². The summed E-state index contributed by atoms with van der Waals surface area (Å²) in [4.78, 5) is 13.8. The molecular weight excluding hydrogens is 214 g/mol. The monoisotopic (exact) mass is 229 g/mol. The van der Waals surface area contributed by atoms with Crippen molar-refractivity contribution in [1.29, 1.82) is 0 Å². The second-order valence-corrected chi connectivity index (χ2v) is 4.06. The van der Waals surface area contributed by atoms with Gasteiger partial charge < -0.3 is 4.90 Å². The van der Waals surface area contributed by atoms with E-state index in [-0.39, 0.29) is 5.91 Å². The summed E-state index contributed by atoms with van der Waals surface area (Å²) in [7, 11) is 1.79. The fourth-order valence-corrected chi connectivity index (χ4v) is 1.70. The smallest absolute Gasteiger partial charge is 0.257 e. The van der Waals surface area contributed by atoms with Gasteiger partial charge in [0.05, 0.1) is 11.8 Å². The van der Waals surface area contributed by atoms with Crippen molar-refractivity contribution >= 4 is 5.91 Å². The number of benzene rings is 1. The number of nitrogens with one attached hydrogen (secondary N) is 1. The second-order valence-electron chi connectivity index (χ2n) is 4.06. The van der Waals surface area contributed by atoms with Crippen molar-refractivity contribution in [2.24, 2.45) is 0 Å². The summed E-state index contributed by atoms with van der Waals surface area (Å²) in [6.07, 6.45) is 1.57. The predicted molar refractivity (Wildman–Crippen MR) is 65.6 cm³/mol. The highest BCUT2D eigenvalue weighted by atomic mass is 16.2. The summed E-state index contributed by atoms with van der Waals surface area (Å²) in [5.41, 5.74) is 2.54. The van der Waals surface area contributed by atoms with Gasteiger partial charge in [0.25, 0.3) is 5.91 Å². The number of rotatable bonds is 3. The number of aryl methyl sites for hydroxylation is 1. The van der Waals surface area contributed by atoms with Gasteiger partial charge >= 0.3 is 0 Å². The fraction of sp³-hybridized carbons (Fsp3) is 0.231. The highest BCUT2D eigenvalue weighted by molar-refractivity contribution is 5.94. The van der Waals surface area contributed by atoms with Crippen LogP contribution in [0.2, 0.25) is 0 Å². The SMILES string of the molecule is Cc1[nH]ncc1C(=O)N(C)Cc1ccccc1. The third-order valence-corrected chi connectivity index (χ3v) is 2.67. The molecule has 0 radical (unpaired) electrons. The van der Waals surface area contributed by atoms with Gasteiger partial charge in [0, 0.05) is 19.3 Å². The Labute approximate surface area is 100 Å². The lowest BCUT2D eigenvalue weighted by molar-refractivity contribution is 0.0784. The number of aromatic nitrogens is 2. The standard InChI is InChI=1S/C13H15N3O/c1-10-12(8-14-15-10)13(17)16(2)9-11-6-4-3-5-7-11/h3-8H,9H2,1-2H3,(H,14,15). The van der Waals surface area contributed by atoms with Crippen molar-refractivity contribution in [3.63, 3.8) is 0 Å². The van der Waals surface area contributed by atoms with Gasteiger partial charge in [-0.2, -0.15) is 5.10 Å². The molecule has 2 aromatic rings. The molecule has 0 spiro atoms. The Bertz CT molecular complexity index is 504. The maximum atomic E-state index is 12.1. The lowest BCUT2D eigenvalue weighted by Crippen LogP contribution is -2.26. The molecule has 0 saturated heterocycles. The first-order valence-corrected chi connectivity index (χ1v) is 5.48. The summed E-state index contributed by atoms with van der Waals surface area (Å²) in [6, 6.07) is 9.91. The van der Waals surface area contributed by atoms with Crippen LogP contribution in [0.25, 0.3) is 0 Å². The molecular formula is C13H15N3O. The molecule has 0 atom stereocenters. The Hall–Kier alpha value is -2.10. The predicted octanol–water partition coefficient (Wildman–Crippen LogP) is 1.99. The molecule has 88 valence electrons. The van der Waals surface area contributed by atoms with E-state index in [1.165, 1.54) is 0 Å². The zero-order chi connectivity index (χ0) is 12.3. The normalized spacial score (nSPS) is 10.2. The number of H-pyrrole nitrogens is 1. The third kappa shape index (κ3) is 2.53. The van der Waals surface area contributed by atoms with Gasteiger partial charge in [0.2, 0.25) is 0 Å². The van der Waals surface area contributed by atoms with Gasteiger partial charge in [-0.1, -0.05) is 30.3 Å². The Morgan fingerprint density at radius 3 is 2.65 bits per heavy atom. The third-order valence-electron chi connectivity index (χ3n) is 2.67. The van der Waals surface area contributed by atoms with E-state index in [0.29, 0.717) is 12.1 Å². The van der Waals surface area contributed by atoms with Gasteiger partial charge in [-0.15, -0.1) is 0 Å². The van der Waals surface area contributed by atoms with Gasteiger partial charge in [0.15, 0.2) is 0 Å². The minimum absolute atomic E-state index is 0.0138. The Balaban J connectivity index is 2.09. The summed E-state index contributed by atoms with van der Waals surface area (Å²) < 4.78 is 0. The Morgan fingerprint density at radius 1 is 1.35 bits per heavy atom. The molecule has 0 unspecified atom stereocenters. The second kappa shape index (κ2) is 4.82. The minimum Gasteiger partial charge on any atom is -0.337 e. The molecule has 1 aromatic carbocycles. The van der Waals surface area contributed by atoms with E-state index < -0.39 is 0 Å². The number of amides is 1. The van der Waals surface area contributed by atoms with Crippen molar-refractivity contribution in [2.75, 3.05) is 7.05 Å². The number of carbonyl (C=O) groups is 1. The molecule has 4 nitrogen and oxygen atoms in total. The number of aromatic amines is 1. The van der Waals surface area contributed by atoms with Gasteiger partial charge in [0.1, 0.15) is 0 Å². The quantitative estimate of drug-likeness (QED) is 0.875. The highest BCUT2D eigenvalue weighted by Gasteiger charge is 2.15. The summed E-state index contributed by atoms with van der Waals surface area (Å²) >= 11 is 0. The molecule has 1 heterocycles. The molecule has 17 heavy (non-hydrogen) atoms. The maximum Gasteiger partial charge on any atom is 0.257 e. The molecule has 0 aliphatic carbocycles. The van der Waals surface area contributed by atoms with Crippen molar-refractivity contribution < 1.29 is 4.79 Å². The van der Waals surface area contributed by atoms with E-state index in [1.807, 2.05) is 37.3 Å². The van der Waals surface area contributed by atoms with Crippen molar-refractivity contribution in [3.8, 4) is 0 Å². The van der Waals surface area contributed by atoms with Crippen LogP contribution in [0.15, 0.2) is 36.5 Å². The summed E-state index contributed by atoms with van der Waals surface area (Å²) in [6.45, 7) is 2.45. The van der Waals surface area contributed by atoms with E-state index in [1.54, 1.807) is 18.1 Å². The topological polar surface area (TPSA) is 49.0 Å². The molecule has 0 fully saturated rings. The first-order chi connectivity index (χ1) is 8.18. The Morgan fingerprint density at radius 2 is 2.06 bits per heavy atom. The van der Waals surface area contributed by atoms with Crippen LogP contribution in [-0.4, -0.2) is 28.1 Å². The van der Waals surface area contributed by atoms with Crippen LogP contribution in [-0.2, 0) is 6.54 Å². The van der Waals surface area contributed by atoms with E-state index in [9.17, 15) is 4.79 Å². The van der Waals surface area contributed by atoms with Crippen LogP contribution in [0, 0.1) is 6.92 Å². The molecule has 0 bridgehead atoms.